The first-order valence-electron chi connectivity index (χ1n) is 7.57. The van der Waals surface area contributed by atoms with Crippen LogP contribution < -0.4 is 5.43 Å². The van der Waals surface area contributed by atoms with Crippen molar-refractivity contribution in [1.29, 1.82) is 0 Å². The summed E-state index contributed by atoms with van der Waals surface area (Å²) >= 11 is 1.42. The first-order valence-corrected chi connectivity index (χ1v) is 8.45. The molecule has 1 N–H and O–H groups in total. The van der Waals surface area contributed by atoms with Gasteiger partial charge in [0.1, 0.15) is 11.2 Å². The molecule has 0 aliphatic rings. The Bertz CT molecular complexity index is 720. The lowest BCUT2D eigenvalue weighted by molar-refractivity contribution is 0.261. The highest BCUT2D eigenvalue weighted by Gasteiger charge is 2.09. The molecule has 23 heavy (non-hydrogen) atoms. The van der Waals surface area contributed by atoms with Gasteiger partial charge in [-0.15, -0.1) is 17.9 Å². The fourth-order valence-corrected chi connectivity index (χ4v) is 2.70. The zero-order chi connectivity index (χ0) is 16.7. The number of allylic oxidation sites excluding steroid dienone is 1. The summed E-state index contributed by atoms with van der Waals surface area (Å²) in [4.78, 5) is 8.47. The Hall–Kier alpha value is -2.05. The van der Waals surface area contributed by atoms with Crippen molar-refractivity contribution in [3.63, 3.8) is 0 Å². The normalized spacial score (nSPS) is 12.4. The van der Waals surface area contributed by atoms with E-state index < -0.39 is 0 Å². The lowest BCUT2D eigenvalue weighted by atomic mass is 10.2. The van der Waals surface area contributed by atoms with Crippen LogP contribution in [0.15, 0.2) is 47.6 Å². The van der Waals surface area contributed by atoms with Gasteiger partial charge in [-0.1, -0.05) is 19.9 Å². The standard InChI is InChI=1S/C17H21FN4S/c1-4-11-22(6-3)20-10-9-13(5-2)21-14-7-8-15-17(16(14)18)19-12-23-15/h4,7-10,12,20H,1,5-6,11H2,2-3H3. The zero-order valence-corrected chi connectivity index (χ0v) is 14.2. The van der Waals surface area contributed by atoms with Gasteiger partial charge in [0.2, 0.25) is 0 Å². The lowest BCUT2D eigenvalue weighted by Crippen LogP contribution is -2.34. The summed E-state index contributed by atoms with van der Waals surface area (Å²) in [7, 11) is 0. The summed E-state index contributed by atoms with van der Waals surface area (Å²) < 4.78 is 15.2. The second kappa shape index (κ2) is 8.55. The van der Waals surface area contributed by atoms with Crippen LogP contribution in [0, 0.1) is 5.82 Å². The SMILES string of the molecule is C=CCN(CC)NC=CC(CC)=Nc1ccc2scnc2c1F. The van der Waals surface area contributed by atoms with Gasteiger partial charge in [0.25, 0.3) is 0 Å². The van der Waals surface area contributed by atoms with Gasteiger partial charge in [-0.3, -0.25) is 4.99 Å². The molecule has 0 unspecified atom stereocenters. The molecule has 6 heteroatoms. The second-order valence-corrected chi connectivity index (χ2v) is 5.73. The fraction of sp³-hybridized carbons (Fsp3) is 0.294. The number of aromatic nitrogens is 1. The molecule has 1 heterocycles. The van der Waals surface area contributed by atoms with Crippen LogP contribution in [-0.4, -0.2) is 28.8 Å². The molecule has 2 rings (SSSR count). The van der Waals surface area contributed by atoms with Gasteiger partial charge in [-0.05, 0) is 24.6 Å². The van der Waals surface area contributed by atoms with Crippen LogP contribution in [0.25, 0.3) is 10.2 Å². The van der Waals surface area contributed by atoms with E-state index in [0.717, 1.165) is 23.5 Å². The molecule has 0 radical (unpaired) electrons. The Balaban J connectivity index is 2.16. The van der Waals surface area contributed by atoms with Crippen molar-refractivity contribution in [3.8, 4) is 0 Å². The molecule has 0 aliphatic heterocycles. The molecule has 0 bridgehead atoms. The topological polar surface area (TPSA) is 40.5 Å². The van der Waals surface area contributed by atoms with Crippen molar-refractivity contribution < 1.29 is 4.39 Å². The zero-order valence-electron chi connectivity index (χ0n) is 13.4. The van der Waals surface area contributed by atoms with Crippen molar-refractivity contribution in [1.82, 2.24) is 15.4 Å². The van der Waals surface area contributed by atoms with Crippen LogP contribution in [-0.2, 0) is 0 Å². The van der Waals surface area contributed by atoms with Crippen molar-refractivity contribution >= 4 is 33.0 Å². The molecule has 0 saturated carbocycles. The second-order valence-electron chi connectivity index (χ2n) is 4.84. The van der Waals surface area contributed by atoms with Gasteiger partial charge in [0.15, 0.2) is 5.82 Å². The summed E-state index contributed by atoms with van der Waals surface area (Å²) in [5.41, 5.74) is 6.30. The Kier molecular flexibility index (Phi) is 6.43. The molecule has 0 amide bonds. The number of likely N-dealkylation sites (N-methyl/N-ethyl adjacent to an activating group) is 1. The van der Waals surface area contributed by atoms with Gasteiger partial charge < -0.3 is 5.43 Å². The smallest absolute Gasteiger partial charge is 0.175 e. The summed E-state index contributed by atoms with van der Waals surface area (Å²) in [5.74, 6) is -0.363. The number of rotatable bonds is 8. The van der Waals surface area contributed by atoms with Gasteiger partial charge in [0, 0.05) is 25.0 Å². The van der Waals surface area contributed by atoms with E-state index in [0.29, 0.717) is 17.6 Å². The maximum absolute atomic E-state index is 14.4. The Morgan fingerprint density at radius 3 is 3.00 bits per heavy atom. The predicted molar refractivity (Wildman–Crippen MR) is 96.7 cm³/mol. The largest absolute Gasteiger partial charge is 0.326 e. The minimum absolute atomic E-state index is 0.323. The molecule has 122 valence electrons. The van der Waals surface area contributed by atoms with E-state index in [1.165, 1.54) is 11.3 Å². The lowest BCUT2D eigenvalue weighted by Gasteiger charge is -2.17. The molecule has 1 aromatic heterocycles. The average Bonchev–Trinajstić information content (AvgIpc) is 3.04. The molecule has 0 spiro atoms. The van der Waals surface area contributed by atoms with E-state index >= 15 is 0 Å². The number of nitrogens with one attached hydrogen (secondary N) is 1. The highest BCUT2D eigenvalue weighted by atomic mass is 32.1. The summed E-state index contributed by atoms with van der Waals surface area (Å²) in [5, 5.41) is 2.00. The average molecular weight is 332 g/mol. The number of hydrogen-bond acceptors (Lipinski definition) is 5. The van der Waals surface area contributed by atoms with Gasteiger partial charge in [-0.2, -0.15) is 0 Å². The highest BCUT2D eigenvalue weighted by molar-refractivity contribution is 7.16. The van der Waals surface area contributed by atoms with Crippen molar-refractivity contribution in [3.05, 3.63) is 48.4 Å². The van der Waals surface area contributed by atoms with Gasteiger partial charge in [-0.25, -0.2) is 14.4 Å². The van der Waals surface area contributed by atoms with Crippen LogP contribution in [0.3, 0.4) is 0 Å². The molecular formula is C17H21FN4S. The fourth-order valence-electron chi connectivity index (χ4n) is 2.03. The Labute approximate surface area is 140 Å². The number of benzene rings is 1. The predicted octanol–water partition coefficient (Wildman–Crippen LogP) is 4.44. The number of hydrogen-bond donors (Lipinski definition) is 1. The molecule has 1 aromatic carbocycles. The van der Waals surface area contributed by atoms with Crippen LogP contribution in [0.5, 0.6) is 0 Å². The van der Waals surface area contributed by atoms with E-state index in [1.807, 2.05) is 36.4 Å². The van der Waals surface area contributed by atoms with E-state index in [4.69, 9.17) is 0 Å². The molecule has 0 saturated heterocycles. The summed E-state index contributed by atoms with van der Waals surface area (Å²) in [6.45, 7) is 9.36. The number of aliphatic imine (C=N–C) groups is 1. The maximum atomic E-state index is 14.4. The number of nitrogens with zero attached hydrogens (tertiary/aromatic N) is 3. The monoisotopic (exact) mass is 332 g/mol. The molecular weight excluding hydrogens is 311 g/mol. The van der Waals surface area contributed by atoms with Crippen molar-refractivity contribution in [2.24, 2.45) is 4.99 Å². The number of thiazole rings is 1. The Morgan fingerprint density at radius 1 is 1.48 bits per heavy atom. The van der Waals surface area contributed by atoms with Crippen molar-refractivity contribution in [2.45, 2.75) is 20.3 Å². The van der Waals surface area contributed by atoms with E-state index in [1.54, 1.807) is 11.6 Å². The summed E-state index contributed by atoms with van der Waals surface area (Å²) in [6.07, 6.45) is 6.21. The number of fused-ring (bicyclic) bond motifs is 1. The van der Waals surface area contributed by atoms with Crippen LogP contribution >= 0.6 is 11.3 Å². The van der Waals surface area contributed by atoms with Gasteiger partial charge in [0.05, 0.1) is 10.2 Å². The van der Waals surface area contributed by atoms with E-state index in [2.05, 4.69) is 28.9 Å². The van der Waals surface area contributed by atoms with Crippen LogP contribution in [0.2, 0.25) is 0 Å². The minimum Gasteiger partial charge on any atom is -0.326 e. The van der Waals surface area contributed by atoms with Gasteiger partial charge >= 0.3 is 0 Å². The van der Waals surface area contributed by atoms with E-state index in [9.17, 15) is 4.39 Å². The number of halogens is 1. The Morgan fingerprint density at radius 2 is 2.30 bits per heavy atom. The van der Waals surface area contributed by atoms with Crippen molar-refractivity contribution in [2.75, 3.05) is 13.1 Å². The number of hydrazine groups is 1. The van der Waals surface area contributed by atoms with Crippen LogP contribution in [0.4, 0.5) is 10.1 Å². The quantitative estimate of drug-likeness (QED) is 0.441. The first-order chi connectivity index (χ1) is 11.2. The molecule has 0 atom stereocenters. The maximum Gasteiger partial charge on any atom is 0.175 e. The molecule has 0 aliphatic carbocycles. The van der Waals surface area contributed by atoms with Crippen LogP contribution in [0.1, 0.15) is 20.3 Å². The highest BCUT2D eigenvalue weighted by Crippen LogP contribution is 2.28. The third-order valence-corrected chi connectivity index (χ3v) is 4.10. The third-order valence-electron chi connectivity index (χ3n) is 3.31. The molecule has 4 nitrogen and oxygen atoms in total. The third kappa shape index (κ3) is 4.46. The molecule has 2 aromatic rings. The summed E-state index contributed by atoms with van der Waals surface area (Å²) in [6, 6.07) is 3.55. The molecule has 0 fully saturated rings. The van der Waals surface area contributed by atoms with E-state index in [-0.39, 0.29) is 5.82 Å². The minimum atomic E-state index is -0.363. The first kappa shape index (κ1) is 17.3.